The number of fused-ring (bicyclic) bond motifs is 1. The number of benzene rings is 2. The third-order valence-corrected chi connectivity index (χ3v) is 4.72. The molecular formula is C21H15N3O3S. The van der Waals surface area contributed by atoms with Gasteiger partial charge in [0.25, 0.3) is 0 Å². The number of H-pyrrole nitrogens is 1. The Labute approximate surface area is 165 Å². The van der Waals surface area contributed by atoms with E-state index in [1.807, 2.05) is 18.2 Å². The Kier molecular flexibility index (Phi) is 4.58. The SMILES string of the molecule is O=C(O)c1ccccc1Nc1c(S)cnc2ccc(-c3ccc(=O)[nH]c3)cc12. The summed E-state index contributed by atoms with van der Waals surface area (Å²) in [5, 5.41) is 13.4. The van der Waals surface area contributed by atoms with Crippen molar-refractivity contribution in [3.63, 3.8) is 0 Å². The van der Waals surface area contributed by atoms with E-state index in [0.717, 1.165) is 22.0 Å². The number of para-hydroxylation sites is 1. The minimum atomic E-state index is -1.02. The molecule has 0 aliphatic rings. The number of thiol groups is 1. The van der Waals surface area contributed by atoms with Crippen LogP contribution < -0.4 is 10.9 Å². The van der Waals surface area contributed by atoms with Crippen molar-refractivity contribution in [3.05, 3.63) is 82.9 Å². The summed E-state index contributed by atoms with van der Waals surface area (Å²) in [6.45, 7) is 0. The number of carboxylic acid groups (broad SMARTS) is 1. The molecule has 138 valence electrons. The second-order valence-corrected chi connectivity index (χ2v) is 6.65. The van der Waals surface area contributed by atoms with Gasteiger partial charge < -0.3 is 15.4 Å². The van der Waals surface area contributed by atoms with Crippen LogP contribution in [0.4, 0.5) is 11.4 Å². The first-order valence-electron chi connectivity index (χ1n) is 8.43. The second-order valence-electron chi connectivity index (χ2n) is 6.17. The lowest BCUT2D eigenvalue weighted by Crippen LogP contribution is -2.03. The molecule has 0 saturated carbocycles. The Hall–Kier alpha value is -3.58. The molecule has 2 aromatic carbocycles. The summed E-state index contributed by atoms with van der Waals surface area (Å²) >= 11 is 4.51. The zero-order valence-corrected chi connectivity index (χ0v) is 15.4. The number of aromatic nitrogens is 2. The zero-order chi connectivity index (χ0) is 19.7. The summed E-state index contributed by atoms with van der Waals surface area (Å²) in [7, 11) is 0. The Bertz CT molecular complexity index is 1250. The number of nitrogens with zero attached hydrogens (tertiary/aromatic N) is 1. The van der Waals surface area contributed by atoms with Gasteiger partial charge in [-0.25, -0.2) is 4.79 Å². The van der Waals surface area contributed by atoms with Crippen molar-refractivity contribution in [1.29, 1.82) is 0 Å². The Morgan fingerprint density at radius 3 is 2.61 bits per heavy atom. The first kappa shape index (κ1) is 17.8. The average Bonchev–Trinajstić information content (AvgIpc) is 2.70. The molecule has 0 unspecified atom stereocenters. The van der Waals surface area contributed by atoms with Gasteiger partial charge in [-0.15, -0.1) is 12.6 Å². The van der Waals surface area contributed by atoms with Crippen molar-refractivity contribution in [2.45, 2.75) is 4.90 Å². The number of pyridine rings is 2. The van der Waals surface area contributed by atoms with Crippen LogP contribution in [0.25, 0.3) is 22.0 Å². The van der Waals surface area contributed by atoms with Crippen LogP contribution in [0.5, 0.6) is 0 Å². The van der Waals surface area contributed by atoms with Crippen LogP contribution in [0, 0.1) is 0 Å². The van der Waals surface area contributed by atoms with Crippen molar-refractivity contribution in [2.75, 3.05) is 5.32 Å². The van der Waals surface area contributed by atoms with Gasteiger partial charge >= 0.3 is 5.97 Å². The number of anilines is 2. The molecule has 0 fully saturated rings. The highest BCUT2D eigenvalue weighted by Crippen LogP contribution is 2.34. The van der Waals surface area contributed by atoms with Gasteiger partial charge in [-0.1, -0.05) is 18.2 Å². The maximum atomic E-state index is 11.5. The number of aromatic carboxylic acids is 1. The summed E-state index contributed by atoms with van der Waals surface area (Å²) in [6, 6.07) is 15.6. The predicted molar refractivity (Wildman–Crippen MR) is 112 cm³/mol. The summed E-state index contributed by atoms with van der Waals surface area (Å²) in [6.07, 6.45) is 3.27. The number of carboxylic acids is 1. The molecule has 6 nitrogen and oxygen atoms in total. The van der Waals surface area contributed by atoms with E-state index in [0.29, 0.717) is 16.3 Å². The molecule has 0 bridgehead atoms. The zero-order valence-electron chi connectivity index (χ0n) is 14.5. The van der Waals surface area contributed by atoms with Crippen molar-refractivity contribution in [2.24, 2.45) is 0 Å². The molecule has 0 saturated heterocycles. The normalized spacial score (nSPS) is 10.8. The fourth-order valence-electron chi connectivity index (χ4n) is 3.00. The topological polar surface area (TPSA) is 95.1 Å². The Balaban J connectivity index is 1.87. The number of aromatic amines is 1. The standard InChI is InChI=1S/C21H15N3O3S/c25-19-8-6-13(10-23-19)12-5-7-16-15(9-12)20(18(28)11-22-16)24-17-4-2-1-3-14(17)21(26)27/h1-11,28H,(H,22,24)(H,23,25)(H,26,27). The average molecular weight is 389 g/mol. The molecule has 0 amide bonds. The summed E-state index contributed by atoms with van der Waals surface area (Å²) in [5.41, 5.74) is 3.59. The van der Waals surface area contributed by atoms with E-state index in [1.165, 1.54) is 12.1 Å². The lowest BCUT2D eigenvalue weighted by Gasteiger charge is -2.14. The van der Waals surface area contributed by atoms with E-state index in [4.69, 9.17) is 0 Å². The Morgan fingerprint density at radius 2 is 1.86 bits per heavy atom. The molecule has 2 aromatic heterocycles. The molecule has 3 N–H and O–H groups in total. The van der Waals surface area contributed by atoms with Crippen LogP contribution >= 0.6 is 12.6 Å². The summed E-state index contributed by atoms with van der Waals surface area (Å²) in [5.74, 6) is -1.02. The van der Waals surface area contributed by atoms with E-state index in [1.54, 1.807) is 36.7 Å². The van der Waals surface area contributed by atoms with Crippen LogP contribution in [0.3, 0.4) is 0 Å². The largest absolute Gasteiger partial charge is 0.478 e. The Morgan fingerprint density at radius 1 is 1.07 bits per heavy atom. The monoisotopic (exact) mass is 389 g/mol. The quantitative estimate of drug-likeness (QED) is 0.390. The van der Waals surface area contributed by atoms with Gasteiger partial charge in [0.1, 0.15) is 0 Å². The van der Waals surface area contributed by atoms with Gasteiger partial charge in [-0.05, 0) is 41.5 Å². The molecule has 7 heteroatoms. The van der Waals surface area contributed by atoms with Crippen LogP contribution in [-0.2, 0) is 0 Å². The minimum absolute atomic E-state index is 0.164. The van der Waals surface area contributed by atoms with Gasteiger partial charge in [0.15, 0.2) is 0 Å². The molecule has 0 atom stereocenters. The number of hydrogen-bond acceptors (Lipinski definition) is 5. The minimum Gasteiger partial charge on any atom is -0.478 e. The van der Waals surface area contributed by atoms with E-state index >= 15 is 0 Å². The van der Waals surface area contributed by atoms with Crippen molar-refractivity contribution >= 4 is 40.9 Å². The highest BCUT2D eigenvalue weighted by Gasteiger charge is 2.13. The molecule has 4 rings (SSSR count). The third-order valence-electron chi connectivity index (χ3n) is 4.38. The lowest BCUT2D eigenvalue weighted by molar-refractivity contribution is 0.0698. The molecule has 0 spiro atoms. The van der Waals surface area contributed by atoms with Gasteiger partial charge in [-0.3, -0.25) is 9.78 Å². The third kappa shape index (κ3) is 3.35. The first-order chi connectivity index (χ1) is 13.5. The summed E-state index contributed by atoms with van der Waals surface area (Å²) in [4.78, 5) is 30.5. The molecule has 4 aromatic rings. The van der Waals surface area contributed by atoms with Crippen LogP contribution in [0.15, 0.2) is 76.7 Å². The van der Waals surface area contributed by atoms with Gasteiger partial charge in [0, 0.05) is 28.7 Å². The van der Waals surface area contributed by atoms with Gasteiger partial charge in [0.2, 0.25) is 5.56 Å². The predicted octanol–water partition coefficient (Wildman–Crippen LogP) is 4.32. The van der Waals surface area contributed by atoms with E-state index in [9.17, 15) is 14.7 Å². The molecule has 0 aliphatic carbocycles. The molecule has 28 heavy (non-hydrogen) atoms. The number of nitrogens with one attached hydrogen (secondary N) is 2. The maximum Gasteiger partial charge on any atom is 0.337 e. The van der Waals surface area contributed by atoms with Crippen molar-refractivity contribution in [3.8, 4) is 11.1 Å². The smallest absolute Gasteiger partial charge is 0.337 e. The van der Waals surface area contributed by atoms with Crippen LogP contribution in [0.1, 0.15) is 10.4 Å². The van der Waals surface area contributed by atoms with E-state index in [-0.39, 0.29) is 11.1 Å². The van der Waals surface area contributed by atoms with Crippen LogP contribution in [-0.4, -0.2) is 21.0 Å². The van der Waals surface area contributed by atoms with E-state index < -0.39 is 5.97 Å². The fourth-order valence-corrected chi connectivity index (χ4v) is 3.23. The highest BCUT2D eigenvalue weighted by molar-refractivity contribution is 7.80. The maximum absolute atomic E-state index is 11.5. The molecule has 2 heterocycles. The highest BCUT2D eigenvalue weighted by atomic mass is 32.1. The van der Waals surface area contributed by atoms with Gasteiger partial charge in [0.05, 0.1) is 22.5 Å². The van der Waals surface area contributed by atoms with Crippen molar-refractivity contribution in [1.82, 2.24) is 9.97 Å². The molecule has 0 radical (unpaired) electrons. The number of carbonyl (C=O) groups is 1. The summed E-state index contributed by atoms with van der Waals surface area (Å²) < 4.78 is 0. The van der Waals surface area contributed by atoms with Crippen LogP contribution in [0.2, 0.25) is 0 Å². The molecule has 0 aliphatic heterocycles. The van der Waals surface area contributed by atoms with Gasteiger partial charge in [-0.2, -0.15) is 0 Å². The number of hydrogen-bond donors (Lipinski definition) is 4. The van der Waals surface area contributed by atoms with E-state index in [2.05, 4.69) is 27.9 Å². The van der Waals surface area contributed by atoms with Crippen molar-refractivity contribution < 1.29 is 9.90 Å². The number of rotatable bonds is 4. The second kappa shape index (κ2) is 7.21. The first-order valence-corrected chi connectivity index (χ1v) is 8.88. The fraction of sp³-hybridized carbons (Fsp3) is 0. The lowest BCUT2D eigenvalue weighted by atomic mass is 10.0. The molecular weight excluding hydrogens is 374 g/mol.